The predicted octanol–water partition coefficient (Wildman–Crippen LogP) is 3.12. The van der Waals surface area contributed by atoms with E-state index in [2.05, 4.69) is 32.1 Å². The summed E-state index contributed by atoms with van der Waals surface area (Å²) in [5.41, 5.74) is 4.41. The van der Waals surface area contributed by atoms with Crippen LogP contribution in [0.5, 0.6) is 0 Å². The third kappa shape index (κ3) is 4.25. The van der Waals surface area contributed by atoms with Crippen LogP contribution in [-0.2, 0) is 0 Å². The van der Waals surface area contributed by atoms with Crippen molar-refractivity contribution in [2.75, 3.05) is 37.6 Å². The highest BCUT2D eigenvalue weighted by Crippen LogP contribution is 2.29. The SMILES string of the molecule is CCN1CCN(c2ccc(F)cc2C(C)NC(=O)c2cnn3c(C)cc(C)nc23)CC1. The van der Waals surface area contributed by atoms with Gasteiger partial charge in [0.25, 0.3) is 5.91 Å². The van der Waals surface area contributed by atoms with Gasteiger partial charge in [-0.3, -0.25) is 4.79 Å². The molecule has 1 amide bonds. The van der Waals surface area contributed by atoms with Gasteiger partial charge in [0.1, 0.15) is 11.4 Å². The molecule has 1 aromatic carbocycles. The van der Waals surface area contributed by atoms with E-state index in [-0.39, 0.29) is 17.8 Å². The van der Waals surface area contributed by atoms with Gasteiger partial charge in [-0.25, -0.2) is 13.9 Å². The number of nitrogens with zero attached hydrogens (tertiary/aromatic N) is 5. The van der Waals surface area contributed by atoms with Crippen LogP contribution in [0.15, 0.2) is 30.5 Å². The molecule has 31 heavy (non-hydrogen) atoms. The number of rotatable bonds is 5. The molecule has 3 aromatic rings. The monoisotopic (exact) mass is 424 g/mol. The highest BCUT2D eigenvalue weighted by atomic mass is 19.1. The molecule has 7 nitrogen and oxygen atoms in total. The van der Waals surface area contributed by atoms with Gasteiger partial charge in [0, 0.05) is 48.8 Å². The number of benzene rings is 1. The molecule has 1 aliphatic heterocycles. The number of anilines is 1. The summed E-state index contributed by atoms with van der Waals surface area (Å²) in [5.74, 6) is -0.582. The average Bonchev–Trinajstić information content (AvgIpc) is 3.18. The van der Waals surface area contributed by atoms with Gasteiger partial charge in [0.2, 0.25) is 0 Å². The largest absolute Gasteiger partial charge is 0.369 e. The van der Waals surface area contributed by atoms with Gasteiger partial charge in [-0.1, -0.05) is 6.92 Å². The molecule has 0 spiro atoms. The van der Waals surface area contributed by atoms with E-state index in [1.54, 1.807) is 4.52 Å². The highest BCUT2D eigenvalue weighted by Gasteiger charge is 2.23. The number of amides is 1. The van der Waals surface area contributed by atoms with Crippen molar-refractivity contribution in [1.82, 2.24) is 24.8 Å². The second-order valence-electron chi connectivity index (χ2n) is 8.15. The van der Waals surface area contributed by atoms with Gasteiger partial charge in [-0.2, -0.15) is 5.10 Å². The minimum Gasteiger partial charge on any atom is -0.369 e. The van der Waals surface area contributed by atoms with Crippen LogP contribution in [0.25, 0.3) is 5.65 Å². The van der Waals surface area contributed by atoms with Gasteiger partial charge in [-0.15, -0.1) is 0 Å². The molecule has 0 bridgehead atoms. The molecule has 0 saturated carbocycles. The van der Waals surface area contributed by atoms with Crippen molar-refractivity contribution in [2.45, 2.75) is 33.7 Å². The summed E-state index contributed by atoms with van der Waals surface area (Å²) in [6.07, 6.45) is 1.54. The molecule has 1 fully saturated rings. The molecule has 1 saturated heterocycles. The van der Waals surface area contributed by atoms with Crippen LogP contribution >= 0.6 is 0 Å². The zero-order chi connectivity index (χ0) is 22.1. The molecule has 1 unspecified atom stereocenters. The number of hydrogen-bond donors (Lipinski definition) is 1. The van der Waals surface area contributed by atoms with Gasteiger partial charge < -0.3 is 15.1 Å². The lowest BCUT2D eigenvalue weighted by molar-refractivity contribution is 0.0941. The minimum atomic E-state index is -0.372. The number of fused-ring (bicyclic) bond motifs is 1. The lowest BCUT2D eigenvalue weighted by Crippen LogP contribution is -2.46. The average molecular weight is 425 g/mol. The zero-order valence-electron chi connectivity index (χ0n) is 18.5. The Labute approximate surface area is 181 Å². The third-order valence-electron chi connectivity index (χ3n) is 5.99. The van der Waals surface area contributed by atoms with Crippen LogP contribution in [0.1, 0.15) is 47.2 Å². The van der Waals surface area contributed by atoms with E-state index in [0.717, 1.165) is 55.4 Å². The lowest BCUT2D eigenvalue weighted by Gasteiger charge is -2.37. The summed E-state index contributed by atoms with van der Waals surface area (Å²) in [6.45, 7) is 12.6. The van der Waals surface area contributed by atoms with E-state index >= 15 is 0 Å². The minimum absolute atomic E-state index is 0.272. The maximum Gasteiger partial charge on any atom is 0.257 e. The van der Waals surface area contributed by atoms with E-state index in [1.165, 1.54) is 18.3 Å². The van der Waals surface area contributed by atoms with Crippen LogP contribution < -0.4 is 10.2 Å². The lowest BCUT2D eigenvalue weighted by atomic mass is 10.0. The second-order valence-corrected chi connectivity index (χ2v) is 8.15. The standard InChI is InChI=1S/C23H29FN6O/c1-5-28-8-10-29(11-9-28)21-7-6-18(24)13-19(21)17(4)27-23(31)20-14-25-30-16(3)12-15(2)26-22(20)30/h6-7,12-14,17H,5,8-11H2,1-4H3,(H,27,31). The Bertz CT molecular complexity index is 1100. The third-order valence-corrected chi connectivity index (χ3v) is 5.99. The van der Waals surface area contributed by atoms with Gasteiger partial charge in [0.15, 0.2) is 5.65 Å². The van der Waals surface area contributed by atoms with E-state index in [4.69, 9.17) is 0 Å². The number of aromatic nitrogens is 3. The summed E-state index contributed by atoms with van der Waals surface area (Å²) < 4.78 is 15.8. The van der Waals surface area contributed by atoms with Crippen LogP contribution in [0.2, 0.25) is 0 Å². The van der Waals surface area contributed by atoms with Crippen molar-refractivity contribution in [1.29, 1.82) is 0 Å². The summed E-state index contributed by atoms with van der Waals surface area (Å²) in [6, 6.07) is 6.37. The molecule has 1 N–H and O–H groups in total. The van der Waals surface area contributed by atoms with Crippen LogP contribution in [0.4, 0.5) is 10.1 Å². The van der Waals surface area contributed by atoms with Gasteiger partial charge >= 0.3 is 0 Å². The summed E-state index contributed by atoms with van der Waals surface area (Å²) in [5, 5.41) is 7.32. The Hall–Kier alpha value is -3.00. The molecule has 1 aliphatic rings. The van der Waals surface area contributed by atoms with Crippen molar-refractivity contribution < 1.29 is 9.18 Å². The Morgan fingerprint density at radius 3 is 2.65 bits per heavy atom. The number of carbonyl (C=O) groups excluding carboxylic acids is 1. The van der Waals surface area contributed by atoms with E-state index in [9.17, 15) is 9.18 Å². The second kappa shape index (κ2) is 8.63. The molecule has 2 aromatic heterocycles. The molecule has 164 valence electrons. The number of halogens is 1. The van der Waals surface area contributed by atoms with Crippen molar-refractivity contribution in [3.05, 3.63) is 58.8 Å². The quantitative estimate of drug-likeness (QED) is 0.682. The Balaban J connectivity index is 1.58. The Kier molecular flexibility index (Phi) is 5.91. The van der Waals surface area contributed by atoms with Crippen LogP contribution in [0.3, 0.4) is 0 Å². The van der Waals surface area contributed by atoms with E-state index in [1.807, 2.05) is 32.9 Å². The smallest absolute Gasteiger partial charge is 0.257 e. The molecule has 1 atom stereocenters. The topological polar surface area (TPSA) is 65.8 Å². The number of piperazine rings is 1. The first kappa shape index (κ1) is 21.2. The van der Waals surface area contributed by atoms with Gasteiger partial charge in [0.05, 0.1) is 12.2 Å². The number of nitrogens with one attached hydrogen (secondary N) is 1. The van der Waals surface area contributed by atoms with E-state index in [0.29, 0.717) is 11.2 Å². The van der Waals surface area contributed by atoms with Crippen molar-refractivity contribution in [3.63, 3.8) is 0 Å². The molecule has 0 radical (unpaired) electrons. The number of carbonyl (C=O) groups is 1. The molecule has 3 heterocycles. The fraction of sp³-hybridized carbons (Fsp3) is 0.435. The molecular weight excluding hydrogens is 395 g/mol. The van der Waals surface area contributed by atoms with Gasteiger partial charge in [-0.05, 0) is 51.6 Å². The summed E-state index contributed by atoms with van der Waals surface area (Å²) in [7, 11) is 0. The van der Waals surface area contributed by atoms with Crippen molar-refractivity contribution in [2.24, 2.45) is 0 Å². The highest BCUT2D eigenvalue weighted by molar-refractivity contribution is 6.00. The maximum absolute atomic E-state index is 14.1. The van der Waals surface area contributed by atoms with Crippen LogP contribution in [0, 0.1) is 19.7 Å². The first-order valence-electron chi connectivity index (χ1n) is 10.8. The molecule has 8 heteroatoms. The summed E-state index contributed by atoms with van der Waals surface area (Å²) in [4.78, 5) is 22.2. The van der Waals surface area contributed by atoms with Crippen molar-refractivity contribution >= 4 is 17.2 Å². The number of aryl methyl sites for hydroxylation is 2. The Morgan fingerprint density at radius 1 is 1.19 bits per heavy atom. The van der Waals surface area contributed by atoms with E-state index < -0.39 is 0 Å². The molecule has 4 rings (SSSR count). The first-order chi connectivity index (χ1) is 14.9. The van der Waals surface area contributed by atoms with Crippen LogP contribution in [-0.4, -0.2) is 58.1 Å². The number of hydrogen-bond acceptors (Lipinski definition) is 5. The normalized spacial score (nSPS) is 16.0. The molecular formula is C23H29FN6O. The number of likely N-dealkylation sites (N-methyl/N-ethyl adjacent to an activating group) is 1. The maximum atomic E-state index is 14.1. The Morgan fingerprint density at radius 2 is 1.94 bits per heavy atom. The fourth-order valence-electron chi connectivity index (χ4n) is 4.25. The summed E-state index contributed by atoms with van der Waals surface area (Å²) >= 11 is 0. The molecule has 0 aliphatic carbocycles. The van der Waals surface area contributed by atoms with Crippen molar-refractivity contribution in [3.8, 4) is 0 Å². The first-order valence-corrected chi connectivity index (χ1v) is 10.8. The zero-order valence-corrected chi connectivity index (χ0v) is 18.5. The predicted molar refractivity (Wildman–Crippen MR) is 119 cm³/mol. The fourth-order valence-corrected chi connectivity index (χ4v) is 4.25.